The Morgan fingerprint density at radius 3 is 2.48 bits per heavy atom. The number of methoxy groups -OCH3 is 2. The molecule has 1 N–H and O–H groups in total. The van der Waals surface area contributed by atoms with Crippen LogP contribution in [-0.2, 0) is 28.5 Å². The third-order valence-corrected chi connectivity index (χ3v) is 4.19. The molecule has 9 nitrogen and oxygen atoms in total. The van der Waals surface area contributed by atoms with Crippen molar-refractivity contribution in [1.29, 1.82) is 0 Å². The second-order valence-corrected chi connectivity index (χ2v) is 6.44. The molecule has 0 fully saturated rings. The Balaban J connectivity index is 2.57. The molecule has 1 aromatic carbocycles. The first-order valence-electron chi connectivity index (χ1n) is 10.4. The number of hydrogen-bond donors (Lipinski definition) is 1. The Morgan fingerprint density at radius 2 is 1.81 bits per heavy atom. The van der Waals surface area contributed by atoms with Crippen molar-refractivity contribution in [3.63, 3.8) is 0 Å². The summed E-state index contributed by atoms with van der Waals surface area (Å²) in [5.41, 5.74) is 0.941. The van der Waals surface area contributed by atoms with E-state index in [1.807, 2.05) is 13.8 Å². The van der Waals surface area contributed by atoms with E-state index >= 15 is 0 Å². The molecule has 0 spiro atoms. The average molecular weight is 443 g/mol. The number of esters is 1. The van der Waals surface area contributed by atoms with E-state index in [1.54, 1.807) is 25.3 Å². The highest BCUT2D eigenvalue weighted by Crippen LogP contribution is 2.27. The minimum atomic E-state index is -0.483. The standard InChI is InChI=1S/C22H35NO8/c1-5-28-12-13-29-11-7-10-23-21(24)16-31-17-8-9-18(22(25)27-4)19(14-17)20(15-26-3)30-6-2/h8-9,14,20H,5-7,10-13,15-16H2,1-4H3,(H,23,24)/i22+1. The van der Waals surface area contributed by atoms with Crippen LogP contribution in [0.15, 0.2) is 18.2 Å². The molecule has 1 amide bonds. The molecule has 0 saturated carbocycles. The van der Waals surface area contributed by atoms with Gasteiger partial charge in [-0.3, -0.25) is 4.79 Å². The van der Waals surface area contributed by atoms with Gasteiger partial charge in [0, 0.05) is 39.0 Å². The molecule has 176 valence electrons. The number of carbonyl (C=O) groups excluding carboxylic acids is 2. The molecule has 0 aliphatic heterocycles. The third kappa shape index (κ3) is 10.6. The second kappa shape index (κ2) is 16.5. The fourth-order valence-corrected chi connectivity index (χ4v) is 2.74. The summed E-state index contributed by atoms with van der Waals surface area (Å²) in [6.07, 6.45) is 0.229. The van der Waals surface area contributed by atoms with Gasteiger partial charge in [-0.05, 0) is 38.5 Å². The van der Waals surface area contributed by atoms with Crippen molar-refractivity contribution in [2.24, 2.45) is 0 Å². The number of nitrogens with one attached hydrogen (secondary N) is 1. The van der Waals surface area contributed by atoms with Gasteiger partial charge in [0.2, 0.25) is 0 Å². The van der Waals surface area contributed by atoms with Gasteiger partial charge in [0.05, 0.1) is 32.5 Å². The molecule has 0 aromatic heterocycles. The van der Waals surface area contributed by atoms with Gasteiger partial charge in [-0.15, -0.1) is 0 Å². The summed E-state index contributed by atoms with van der Waals surface area (Å²) < 4.78 is 31.9. The van der Waals surface area contributed by atoms with Crippen molar-refractivity contribution in [3.05, 3.63) is 29.3 Å². The minimum Gasteiger partial charge on any atom is -0.484 e. The van der Waals surface area contributed by atoms with Gasteiger partial charge in [-0.1, -0.05) is 0 Å². The number of rotatable bonds is 17. The van der Waals surface area contributed by atoms with E-state index in [2.05, 4.69) is 5.32 Å². The van der Waals surface area contributed by atoms with E-state index in [0.717, 1.165) is 0 Å². The summed E-state index contributed by atoms with van der Waals surface area (Å²) in [7, 11) is 2.87. The Kier molecular flexibility index (Phi) is 14.3. The van der Waals surface area contributed by atoms with Gasteiger partial charge < -0.3 is 33.7 Å². The number of amides is 1. The first-order valence-corrected chi connectivity index (χ1v) is 10.4. The molecule has 0 aliphatic carbocycles. The fraction of sp³-hybridized carbons (Fsp3) is 0.636. The lowest BCUT2D eigenvalue weighted by atomic mass is 10.1. The summed E-state index contributed by atoms with van der Waals surface area (Å²) in [6.45, 7) is 7.16. The molecule has 0 heterocycles. The normalized spacial score (nSPS) is 11.7. The van der Waals surface area contributed by atoms with Crippen LogP contribution in [0.3, 0.4) is 0 Å². The van der Waals surface area contributed by atoms with E-state index < -0.39 is 12.1 Å². The highest BCUT2D eigenvalue weighted by molar-refractivity contribution is 5.91. The quantitative estimate of drug-likeness (QED) is 0.222. The minimum absolute atomic E-state index is 0.147. The molecule has 0 aliphatic rings. The van der Waals surface area contributed by atoms with Crippen LogP contribution in [0.25, 0.3) is 0 Å². The van der Waals surface area contributed by atoms with Crippen LogP contribution in [0.1, 0.15) is 42.3 Å². The molecule has 9 heteroatoms. The Bertz CT molecular complexity index is 646. The zero-order valence-corrected chi connectivity index (χ0v) is 18.9. The van der Waals surface area contributed by atoms with Crippen LogP contribution in [0.2, 0.25) is 0 Å². The van der Waals surface area contributed by atoms with Crippen molar-refractivity contribution in [3.8, 4) is 5.75 Å². The number of ether oxygens (including phenoxy) is 6. The maximum absolute atomic E-state index is 12.1. The molecule has 31 heavy (non-hydrogen) atoms. The van der Waals surface area contributed by atoms with E-state index in [0.29, 0.717) is 62.9 Å². The number of hydrogen-bond acceptors (Lipinski definition) is 8. The first-order chi connectivity index (χ1) is 15.1. The fourth-order valence-electron chi connectivity index (χ4n) is 2.74. The van der Waals surface area contributed by atoms with Gasteiger partial charge >= 0.3 is 5.97 Å². The zero-order chi connectivity index (χ0) is 22.9. The molecular formula is C22H35NO8. The number of carbonyl (C=O) groups is 2. The van der Waals surface area contributed by atoms with E-state index in [-0.39, 0.29) is 19.1 Å². The molecule has 0 saturated heterocycles. The smallest absolute Gasteiger partial charge is 0.338 e. The van der Waals surface area contributed by atoms with Crippen LogP contribution in [0.5, 0.6) is 5.75 Å². The Labute approximate surface area is 184 Å². The van der Waals surface area contributed by atoms with Crippen LogP contribution >= 0.6 is 0 Å². The first kappa shape index (κ1) is 26.8. The molecule has 1 aromatic rings. The largest absolute Gasteiger partial charge is 0.484 e. The van der Waals surface area contributed by atoms with Crippen molar-refractivity contribution in [2.45, 2.75) is 26.4 Å². The highest BCUT2D eigenvalue weighted by atomic mass is 16.6. The van der Waals surface area contributed by atoms with E-state index in [1.165, 1.54) is 7.11 Å². The Morgan fingerprint density at radius 1 is 1.03 bits per heavy atom. The molecular weight excluding hydrogens is 407 g/mol. The predicted molar refractivity (Wildman–Crippen MR) is 114 cm³/mol. The van der Waals surface area contributed by atoms with Crippen LogP contribution in [-0.4, -0.2) is 78.9 Å². The van der Waals surface area contributed by atoms with Crippen molar-refractivity contribution >= 4 is 11.9 Å². The monoisotopic (exact) mass is 442 g/mol. The molecule has 1 rings (SSSR count). The number of benzene rings is 1. The third-order valence-electron chi connectivity index (χ3n) is 4.19. The summed E-state index contributed by atoms with van der Waals surface area (Å²) in [6, 6.07) is 4.88. The molecule has 1 atom stereocenters. The molecule has 1 unspecified atom stereocenters. The van der Waals surface area contributed by atoms with Crippen molar-refractivity contribution in [2.75, 3.05) is 67.0 Å². The lowest BCUT2D eigenvalue weighted by molar-refractivity contribution is -0.123. The zero-order valence-electron chi connectivity index (χ0n) is 18.9. The summed E-state index contributed by atoms with van der Waals surface area (Å²) >= 11 is 0. The van der Waals surface area contributed by atoms with Crippen molar-refractivity contribution in [1.82, 2.24) is 5.32 Å². The van der Waals surface area contributed by atoms with E-state index in [4.69, 9.17) is 28.4 Å². The molecule has 0 bridgehead atoms. The van der Waals surface area contributed by atoms with Crippen LogP contribution < -0.4 is 10.1 Å². The van der Waals surface area contributed by atoms with Gasteiger partial charge in [0.1, 0.15) is 11.9 Å². The molecule has 0 radical (unpaired) electrons. The van der Waals surface area contributed by atoms with Gasteiger partial charge in [-0.2, -0.15) is 0 Å². The Hall–Kier alpha value is -2.20. The maximum atomic E-state index is 12.1. The van der Waals surface area contributed by atoms with E-state index in [9.17, 15) is 9.59 Å². The second-order valence-electron chi connectivity index (χ2n) is 6.44. The maximum Gasteiger partial charge on any atom is 0.338 e. The topological polar surface area (TPSA) is 102 Å². The lowest BCUT2D eigenvalue weighted by Gasteiger charge is -2.20. The predicted octanol–water partition coefficient (Wildman–Crippen LogP) is 2.14. The average Bonchev–Trinajstić information content (AvgIpc) is 2.78. The highest BCUT2D eigenvalue weighted by Gasteiger charge is 2.21. The lowest BCUT2D eigenvalue weighted by Crippen LogP contribution is -2.30. The van der Waals surface area contributed by atoms with Gasteiger partial charge in [-0.25, -0.2) is 4.79 Å². The van der Waals surface area contributed by atoms with Crippen molar-refractivity contribution < 1.29 is 38.0 Å². The van der Waals surface area contributed by atoms with Crippen LogP contribution in [0.4, 0.5) is 0 Å². The summed E-state index contributed by atoms with van der Waals surface area (Å²) in [5.74, 6) is -0.285. The SMILES string of the molecule is CCOCCOCCCNC(=O)COc1ccc([13C](=O)OC)c(C(COC)OCC)c1. The summed E-state index contributed by atoms with van der Waals surface area (Å²) in [4.78, 5) is 24.1. The van der Waals surface area contributed by atoms with Gasteiger partial charge in [0.25, 0.3) is 5.91 Å². The van der Waals surface area contributed by atoms with Crippen LogP contribution in [0, 0.1) is 0 Å². The summed E-state index contributed by atoms with van der Waals surface area (Å²) in [5, 5.41) is 2.78. The van der Waals surface area contributed by atoms with Gasteiger partial charge in [0.15, 0.2) is 6.61 Å².